The average Bonchev–Trinajstić information content (AvgIpc) is 3.09. The van der Waals surface area contributed by atoms with Gasteiger partial charge in [0.2, 0.25) is 0 Å². The second-order valence-electron chi connectivity index (χ2n) is 8.00. The SMILES string of the molecule is CC(C)OC(=O)c1ccc(N2C(=O)C(=O)/C(=C(/O)c3ccncc3)C2c2ccc(O)cc2)cc1. The molecular weight excluding hydrogens is 436 g/mol. The molecule has 4 rings (SSSR count). The lowest BCUT2D eigenvalue weighted by Gasteiger charge is -2.25. The Labute approximate surface area is 195 Å². The lowest BCUT2D eigenvalue weighted by atomic mass is 9.95. The van der Waals surface area contributed by atoms with Gasteiger partial charge in [-0.2, -0.15) is 0 Å². The van der Waals surface area contributed by atoms with Crippen molar-refractivity contribution in [2.24, 2.45) is 0 Å². The van der Waals surface area contributed by atoms with Crippen LogP contribution >= 0.6 is 0 Å². The Morgan fingerprint density at radius 2 is 1.56 bits per heavy atom. The summed E-state index contributed by atoms with van der Waals surface area (Å²) >= 11 is 0. The van der Waals surface area contributed by atoms with Gasteiger partial charge in [-0.1, -0.05) is 12.1 Å². The number of phenols is 1. The van der Waals surface area contributed by atoms with Crippen LogP contribution in [-0.2, 0) is 14.3 Å². The fourth-order valence-electron chi connectivity index (χ4n) is 3.78. The van der Waals surface area contributed by atoms with Crippen LogP contribution in [0.3, 0.4) is 0 Å². The van der Waals surface area contributed by atoms with Crippen LogP contribution < -0.4 is 4.90 Å². The molecule has 1 atom stereocenters. The highest BCUT2D eigenvalue weighted by Crippen LogP contribution is 2.42. The summed E-state index contributed by atoms with van der Waals surface area (Å²) in [5.41, 5.74) is 1.41. The van der Waals surface area contributed by atoms with Gasteiger partial charge in [0.15, 0.2) is 0 Å². The normalized spacial score (nSPS) is 17.3. The summed E-state index contributed by atoms with van der Waals surface area (Å²) in [5.74, 6) is -2.50. The molecule has 1 amide bonds. The number of carbonyl (C=O) groups is 3. The number of esters is 1. The lowest BCUT2D eigenvalue weighted by Crippen LogP contribution is -2.29. The highest BCUT2D eigenvalue weighted by atomic mass is 16.5. The smallest absolute Gasteiger partial charge is 0.338 e. The number of ketones is 1. The first-order valence-corrected chi connectivity index (χ1v) is 10.6. The molecule has 2 aromatic carbocycles. The quantitative estimate of drug-likeness (QED) is 0.257. The summed E-state index contributed by atoms with van der Waals surface area (Å²) in [6, 6.07) is 14.2. The van der Waals surface area contributed by atoms with Gasteiger partial charge < -0.3 is 14.9 Å². The molecule has 3 aromatic rings. The molecule has 0 spiro atoms. The van der Waals surface area contributed by atoms with Crippen molar-refractivity contribution in [3.05, 3.63) is 95.3 Å². The van der Waals surface area contributed by atoms with Crippen LogP contribution in [0.15, 0.2) is 78.6 Å². The number of pyridine rings is 1. The maximum atomic E-state index is 13.1. The highest BCUT2D eigenvalue weighted by molar-refractivity contribution is 6.51. The topological polar surface area (TPSA) is 117 Å². The van der Waals surface area contributed by atoms with Crippen LogP contribution in [0.25, 0.3) is 5.76 Å². The van der Waals surface area contributed by atoms with Crippen LogP contribution in [0.4, 0.5) is 5.69 Å². The summed E-state index contributed by atoms with van der Waals surface area (Å²) in [6.45, 7) is 3.48. The molecule has 1 saturated heterocycles. The zero-order valence-corrected chi connectivity index (χ0v) is 18.5. The van der Waals surface area contributed by atoms with Crippen LogP contribution in [-0.4, -0.2) is 39.0 Å². The van der Waals surface area contributed by atoms with Crippen molar-refractivity contribution in [2.75, 3.05) is 4.90 Å². The van der Waals surface area contributed by atoms with Gasteiger partial charge in [-0.15, -0.1) is 0 Å². The summed E-state index contributed by atoms with van der Waals surface area (Å²) in [5, 5.41) is 20.7. The maximum absolute atomic E-state index is 13.1. The molecule has 1 unspecified atom stereocenters. The first-order valence-electron chi connectivity index (χ1n) is 10.6. The predicted molar refractivity (Wildman–Crippen MR) is 124 cm³/mol. The molecule has 8 heteroatoms. The first kappa shape index (κ1) is 22.7. The second-order valence-corrected chi connectivity index (χ2v) is 8.00. The van der Waals surface area contributed by atoms with Gasteiger partial charge in [-0.05, 0) is 67.9 Å². The van der Waals surface area contributed by atoms with E-state index in [2.05, 4.69) is 4.98 Å². The number of rotatable bonds is 5. The Hall–Kier alpha value is -4.46. The fourth-order valence-corrected chi connectivity index (χ4v) is 3.78. The fraction of sp³-hybridized carbons (Fsp3) is 0.154. The number of aromatic nitrogens is 1. The zero-order chi connectivity index (χ0) is 24.4. The van der Waals surface area contributed by atoms with Crippen LogP contribution in [0.1, 0.15) is 41.4 Å². The summed E-state index contributed by atoms with van der Waals surface area (Å²) in [4.78, 5) is 43.6. The molecule has 2 N–H and O–H groups in total. The second kappa shape index (κ2) is 9.19. The van der Waals surface area contributed by atoms with Crippen molar-refractivity contribution < 1.29 is 29.3 Å². The van der Waals surface area contributed by atoms with Gasteiger partial charge in [0.1, 0.15) is 11.5 Å². The van der Waals surface area contributed by atoms with Crippen molar-refractivity contribution in [1.29, 1.82) is 0 Å². The number of carbonyl (C=O) groups excluding carboxylic acids is 3. The van der Waals surface area contributed by atoms with E-state index < -0.39 is 23.7 Å². The molecule has 2 heterocycles. The number of aliphatic hydroxyl groups excluding tert-OH is 1. The third-order valence-electron chi connectivity index (χ3n) is 5.33. The van der Waals surface area contributed by atoms with E-state index in [0.29, 0.717) is 22.4 Å². The molecule has 0 aliphatic carbocycles. The number of phenolic OH excluding ortho intramolecular Hbond substituents is 1. The van der Waals surface area contributed by atoms with E-state index in [9.17, 15) is 24.6 Å². The van der Waals surface area contributed by atoms with Gasteiger partial charge in [0.25, 0.3) is 11.7 Å². The summed E-state index contributed by atoms with van der Waals surface area (Å²) < 4.78 is 5.20. The zero-order valence-electron chi connectivity index (χ0n) is 18.5. The van der Waals surface area contributed by atoms with Gasteiger partial charge in [0.05, 0.1) is 23.3 Å². The summed E-state index contributed by atoms with van der Waals surface area (Å²) in [7, 11) is 0. The minimum Gasteiger partial charge on any atom is -0.508 e. The minimum atomic E-state index is -0.956. The number of anilines is 1. The molecular formula is C26H22N2O6. The Kier molecular flexibility index (Phi) is 6.14. The van der Waals surface area contributed by atoms with Gasteiger partial charge in [0, 0.05) is 23.6 Å². The van der Waals surface area contributed by atoms with E-state index in [4.69, 9.17) is 4.74 Å². The monoisotopic (exact) mass is 458 g/mol. The maximum Gasteiger partial charge on any atom is 0.338 e. The van der Waals surface area contributed by atoms with Crippen LogP contribution in [0.5, 0.6) is 5.75 Å². The number of aromatic hydroxyl groups is 1. The van der Waals surface area contributed by atoms with Gasteiger partial charge in [-0.25, -0.2) is 4.79 Å². The number of ether oxygens (including phenoxy) is 1. The van der Waals surface area contributed by atoms with E-state index in [1.807, 2.05) is 0 Å². The van der Waals surface area contributed by atoms with Gasteiger partial charge in [-0.3, -0.25) is 19.5 Å². The number of nitrogens with zero attached hydrogens (tertiary/aromatic N) is 2. The van der Waals surface area contributed by atoms with E-state index in [0.717, 1.165) is 0 Å². The van der Waals surface area contributed by atoms with E-state index in [1.54, 1.807) is 38.1 Å². The van der Waals surface area contributed by atoms with E-state index >= 15 is 0 Å². The van der Waals surface area contributed by atoms with Crippen molar-refractivity contribution in [1.82, 2.24) is 4.98 Å². The molecule has 1 aliphatic rings. The molecule has 172 valence electrons. The van der Waals surface area contributed by atoms with Crippen molar-refractivity contribution >= 4 is 29.1 Å². The number of aliphatic hydroxyl groups is 1. The molecule has 1 fully saturated rings. The number of benzene rings is 2. The van der Waals surface area contributed by atoms with Gasteiger partial charge >= 0.3 is 5.97 Å². The average molecular weight is 458 g/mol. The first-order chi connectivity index (χ1) is 16.3. The van der Waals surface area contributed by atoms with Crippen LogP contribution in [0.2, 0.25) is 0 Å². The lowest BCUT2D eigenvalue weighted by molar-refractivity contribution is -0.132. The van der Waals surface area contributed by atoms with Crippen LogP contribution in [0, 0.1) is 0 Å². The molecule has 1 aromatic heterocycles. The minimum absolute atomic E-state index is 0.0165. The predicted octanol–water partition coefficient (Wildman–Crippen LogP) is 3.98. The molecule has 8 nitrogen and oxygen atoms in total. The van der Waals surface area contributed by atoms with Crippen molar-refractivity contribution in [2.45, 2.75) is 26.0 Å². The number of hydrogen-bond donors (Lipinski definition) is 2. The molecule has 0 bridgehead atoms. The Morgan fingerprint density at radius 1 is 0.941 bits per heavy atom. The largest absolute Gasteiger partial charge is 0.508 e. The Balaban J connectivity index is 1.83. The number of Topliss-reactive ketones (excluding diaryl/α,β-unsaturated/α-hetero) is 1. The highest BCUT2D eigenvalue weighted by Gasteiger charge is 2.47. The third kappa shape index (κ3) is 4.25. The van der Waals surface area contributed by atoms with E-state index in [1.165, 1.54) is 53.7 Å². The third-order valence-corrected chi connectivity index (χ3v) is 5.33. The number of hydrogen-bond acceptors (Lipinski definition) is 7. The molecule has 0 saturated carbocycles. The number of amides is 1. The Bertz CT molecular complexity index is 1260. The summed E-state index contributed by atoms with van der Waals surface area (Å²) in [6.07, 6.45) is 2.65. The van der Waals surface area contributed by atoms with Crippen molar-refractivity contribution in [3.63, 3.8) is 0 Å². The standard InChI is InChI=1S/C26H22N2O6/c1-15(2)34-26(33)18-3-7-19(8-4-18)28-22(16-5-9-20(29)10-6-16)21(24(31)25(28)32)23(30)17-11-13-27-14-12-17/h3-15,22,29-30H,1-2H3/b23-21+. The molecule has 0 radical (unpaired) electrons. The van der Waals surface area contributed by atoms with Crippen molar-refractivity contribution in [3.8, 4) is 5.75 Å². The molecule has 34 heavy (non-hydrogen) atoms. The Morgan fingerprint density at radius 3 is 2.15 bits per heavy atom. The van der Waals surface area contributed by atoms with E-state index in [-0.39, 0.29) is 23.2 Å². The molecule has 1 aliphatic heterocycles.